The van der Waals surface area contributed by atoms with E-state index in [-0.39, 0.29) is 0 Å². The van der Waals surface area contributed by atoms with Crippen LogP contribution in [0.5, 0.6) is 11.5 Å². The molecule has 0 aromatic heterocycles. The van der Waals surface area contributed by atoms with E-state index in [1.165, 1.54) is 28.7 Å². The average molecular weight is 401 g/mol. The lowest BCUT2D eigenvalue weighted by Gasteiger charge is -2.45. The summed E-state index contributed by atoms with van der Waals surface area (Å²) in [5.74, 6) is 5.37. The Labute approximate surface area is 178 Å². The lowest BCUT2D eigenvalue weighted by Crippen LogP contribution is -2.37. The minimum Gasteiger partial charge on any atom is -0.497 e. The molecule has 2 bridgehead atoms. The molecule has 2 aromatic carbocycles. The van der Waals surface area contributed by atoms with Gasteiger partial charge in [0.25, 0.3) is 0 Å². The second-order valence-electron chi connectivity index (χ2n) is 9.15. The zero-order valence-corrected chi connectivity index (χ0v) is 17.6. The molecule has 1 heterocycles. The van der Waals surface area contributed by atoms with E-state index in [0.717, 1.165) is 24.7 Å². The molecule has 0 unspecified atom stereocenters. The van der Waals surface area contributed by atoms with Gasteiger partial charge in [-0.2, -0.15) is 0 Å². The molecule has 0 radical (unpaired) electrons. The molecule has 0 N–H and O–H groups in total. The summed E-state index contributed by atoms with van der Waals surface area (Å²) in [6, 6.07) is 17.5. The van der Waals surface area contributed by atoms with Gasteiger partial charge in [-0.1, -0.05) is 36.4 Å². The van der Waals surface area contributed by atoms with Crippen LogP contribution in [0.15, 0.2) is 71.8 Å². The molecule has 6 rings (SSSR count). The maximum atomic E-state index is 6.10. The van der Waals surface area contributed by atoms with Crippen LogP contribution in [0.3, 0.4) is 0 Å². The Kier molecular flexibility index (Phi) is 4.28. The van der Waals surface area contributed by atoms with E-state index >= 15 is 0 Å². The quantitative estimate of drug-likeness (QED) is 0.648. The molecule has 4 aliphatic rings. The molecule has 3 aliphatic carbocycles. The molecular weight excluding hydrogens is 372 g/mol. The van der Waals surface area contributed by atoms with Gasteiger partial charge < -0.3 is 14.2 Å². The molecule has 0 amide bonds. The molecule has 3 heteroatoms. The second-order valence-corrected chi connectivity index (χ2v) is 9.15. The van der Waals surface area contributed by atoms with Gasteiger partial charge in [0.15, 0.2) is 0 Å². The zero-order valence-electron chi connectivity index (χ0n) is 17.6. The number of benzene rings is 2. The first-order valence-corrected chi connectivity index (χ1v) is 11.0. The van der Waals surface area contributed by atoms with Crippen LogP contribution in [0, 0.1) is 23.7 Å². The van der Waals surface area contributed by atoms with Gasteiger partial charge in [-0.25, -0.2) is 0 Å². The first-order chi connectivity index (χ1) is 14.8. The highest BCUT2D eigenvalue weighted by Crippen LogP contribution is 2.64. The van der Waals surface area contributed by atoms with Gasteiger partial charge in [-0.15, -0.1) is 0 Å². The number of methoxy groups -OCH3 is 2. The Bertz CT molecular complexity index is 922. The predicted octanol–water partition coefficient (Wildman–Crippen LogP) is 5.35. The van der Waals surface area contributed by atoms with E-state index in [2.05, 4.69) is 60.7 Å². The lowest BCUT2D eigenvalue weighted by molar-refractivity contribution is 0.200. The highest BCUT2D eigenvalue weighted by molar-refractivity contribution is 5.49. The third-order valence-corrected chi connectivity index (χ3v) is 7.98. The Balaban J connectivity index is 1.49. The number of hydrogen-bond donors (Lipinski definition) is 0. The van der Waals surface area contributed by atoms with Gasteiger partial charge in [-0.3, -0.25) is 0 Å². The van der Waals surface area contributed by atoms with Gasteiger partial charge in [0, 0.05) is 11.8 Å². The third-order valence-electron chi connectivity index (χ3n) is 7.98. The Hall–Kier alpha value is -2.52. The molecule has 3 nitrogen and oxygen atoms in total. The van der Waals surface area contributed by atoms with Crippen molar-refractivity contribution >= 4 is 0 Å². The van der Waals surface area contributed by atoms with Crippen molar-refractivity contribution in [1.29, 1.82) is 0 Å². The van der Waals surface area contributed by atoms with Crippen molar-refractivity contribution < 1.29 is 14.2 Å². The number of ether oxygens (including phenoxy) is 3. The van der Waals surface area contributed by atoms with Crippen molar-refractivity contribution in [3.05, 3.63) is 83.0 Å². The summed E-state index contributed by atoms with van der Waals surface area (Å²) < 4.78 is 16.9. The molecule has 30 heavy (non-hydrogen) atoms. The van der Waals surface area contributed by atoms with E-state index in [4.69, 9.17) is 14.2 Å². The lowest BCUT2D eigenvalue weighted by atomic mass is 9.58. The van der Waals surface area contributed by atoms with E-state index in [1.54, 1.807) is 14.2 Å². The Morgan fingerprint density at radius 2 is 1.10 bits per heavy atom. The fourth-order valence-corrected chi connectivity index (χ4v) is 6.81. The van der Waals surface area contributed by atoms with Crippen molar-refractivity contribution in [1.82, 2.24) is 0 Å². The molecule has 2 aromatic rings. The normalized spacial score (nSPS) is 33.5. The zero-order chi connectivity index (χ0) is 20.2. The summed E-state index contributed by atoms with van der Waals surface area (Å²) in [5, 5.41) is 0. The van der Waals surface area contributed by atoms with Crippen molar-refractivity contribution in [3.8, 4) is 11.5 Å². The van der Waals surface area contributed by atoms with Crippen LogP contribution in [0.4, 0.5) is 0 Å². The number of allylic oxidation sites excluding steroid dienone is 2. The van der Waals surface area contributed by atoms with Crippen molar-refractivity contribution in [2.45, 2.75) is 18.3 Å². The predicted molar refractivity (Wildman–Crippen MR) is 117 cm³/mol. The summed E-state index contributed by atoms with van der Waals surface area (Å²) in [4.78, 5) is 0. The molecule has 154 valence electrons. The second kappa shape index (κ2) is 7.02. The van der Waals surface area contributed by atoms with Gasteiger partial charge >= 0.3 is 0 Å². The summed E-state index contributed by atoms with van der Waals surface area (Å²) >= 11 is 0. The van der Waals surface area contributed by atoms with Crippen LogP contribution in [-0.2, 0) is 4.74 Å². The summed E-state index contributed by atoms with van der Waals surface area (Å²) in [7, 11) is 3.47. The van der Waals surface area contributed by atoms with E-state index in [1.807, 2.05) is 0 Å². The number of fused-ring (bicyclic) bond motifs is 5. The Morgan fingerprint density at radius 1 is 0.667 bits per heavy atom. The van der Waals surface area contributed by atoms with Gasteiger partial charge in [0.1, 0.15) is 11.5 Å². The van der Waals surface area contributed by atoms with Crippen molar-refractivity contribution in [2.75, 3.05) is 27.4 Å². The van der Waals surface area contributed by atoms with Gasteiger partial charge in [-0.05, 0) is 76.6 Å². The smallest absolute Gasteiger partial charge is 0.118 e. The van der Waals surface area contributed by atoms with Gasteiger partial charge in [0.2, 0.25) is 0 Å². The van der Waals surface area contributed by atoms with Crippen LogP contribution >= 0.6 is 0 Å². The monoisotopic (exact) mass is 400 g/mol. The molecule has 6 atom stereocenters. The van der Waals surface area contributed by atoms with Crippen LogP contribution < -0.4 is 9.47 Å². The maximum Gasteiger partial charge on any atom is 0.118 e. The minimum atomic E-state index is 0.452. The standard InChI is InChI=1S/C27H28O3/c1-28-20-9-5-16(6-10-20)24-22-14-30-15-23(22)25(17-7-11-21(29-2)12-8-17)27-19-4-3-18(13-19)26(24)27/h3-12,18-19,24-27H,13-15H2,1-2H3/t18-,19+,24+,25-,26-,27+. The minimum absolute atomic E-state index is 0.452. The summed E-state index contributed by atoms with van der Waals surface area (Å²) in [6.07, 6.45) is 6.29. The highest BCUT2D eigenvalue weighted by Gasteiger charge is 2.56. The van der Waals surface area contributed by atoms with Crippen LogP contribution in [0.25, 0.3) is 0 Å². The number of hydrogen-bond acceptors (Lipinski definition) is 3. The van der Waals surface area contributed by atoms with Crippen LogP contribution in [0.1, 0.15) is 29.4 Å². The van der Waals surface area contributed by atoms with E-state index < -0.39 is 0 Å². The van der Waals surface area contributed by atoms with Crippen LogP contribution in [-0.4, -0.2) is 27.4 Å². The first kappa shape index (κ1) is 18.3. The Morgan fingerprint density at radius 3 is 1.50 bits per heavy atom. The largest absolute Gasteiger partial charge is 0.497 e. The SMILES string of the molecule is COc1ccc([C@H]2C3=C(COC3)[C@@H](c3ccc(OC)cc3)[C@H]3[C@@H]2[C@@H]2C=C[C@H]3C2)cc1. The highest BCUT2D eigenvalue weighted by atomic mass is 16.5. The van der Waals surface area contributed by atoms with Gasteiger partial charge in [0.05, 0.1) is 27.4 Å². The fourth-order valence-electron chi connectivity index (χ4n) is 6.81. The molecule has 0 saturated heterocycles. The van der Waals surface area contributed by atoms with Crippen molar-refractivity contribution in [3.63, 3.8) is 0 Å². The summed E-state index contributed by atoms with van der Waals surface area (Å²) in [6.45, 7) is 1.53. The average Bonchev–Trinajstić information content (AvgIpc) is 3.54. The molecular formula is C27H28O3. The molecule has 1 fully saturated rings. The topological polar surface area (TPSA) is 27.7 Å². The van der Waals surface area contributed by atoms with E-state index in [0.29, 0.717) is 35.5 Å². The van der Waals surface area contributed by atoms with E-state index in [9.17, 15) is 0 Å². The number of rotatable bonds is 4. The fraction of sp³-hybridized carbons (Fsp3) is 0.407. The molecule has 0 spiro atoms. The maximum absolute atomic E-state index is 6.10. The first-order valence-electron chi connectivity index (χ1n) is 11.0. The summed E-state index contributed by atoms with van der Waals surface area (Å²) in [5.41, 5.74) is 5.89. The third kappa shape index (κ3) is 2.61. The molecule has 1 saturated carbocycles. The van der Waals surface area contributed by atoms with Crippen molar-refractivity contribution in [2.24, 2.45) is 23.7 Å². The van der Waals surface area contributed by atoms with Crippen LogP contribution in [0.2, 0.25) is 0 Å². The molecule has 1 aliphatic heterocycles.